The number of hydrogen-bond acceptors (Lipinski definition) is 6. The van der Waals surface area contributed by atoms with Crippen LogP contribution < -0.4 is 5.32 Å². The number of anilines is 1. The summed E-state index contributed by atoms with van der Waals surface area (Å²) in [6, 6.07) is 5.31. The van der Waals surface area contributed by atoms with E-state index in [0.29, 0.717) is 21.0 Å². The van der Waals surface area contributed by atoms with Gasteiger partial charge in [0.05, 0.1) is 4.91 Å². The smallest absolute Gasteiger partial charge is 0.302 e. The summed E-state index contributed by atoms with van der Waals surface area (Å²) in [4.78, 5) is 23.9. The van der Waals surface area contributed by atoms with Gasteiger partial charge in [-0.15, -0.1) is 12.4 Å². The lowest BCUT2D eigenvalue weighted by Gasteiger charge is -2.23. The molecule has 0 bridgehead atoms. The lowest BCUT2D eigenvalue weighted by Crippen LogP contribution is -2.28. The minimum atomic E-state index is -0.234. The molecule has 0 saturated heterocycles. The molecule has 0 fully saturated rings. The van der Waals surface area contributed by atoms with Gasteiger partial charge in [0.25, 0.3) is 5.91 Å². The number of amides is 1. The van der Waals surface area contributed by atoms with Crippen LogP contribution >= 0.6 is 35.8 Å². The Hall–Kier alpha value is -1.70. The Kier molecular flexibility index (Phi) is 4.76. The third-order valence-corrected chi connectivity index (χ3v) is 5.17. The largest absolute Gasteiger partial charge is 0.423 e. The van der Waals surface area contributed by atoms with Gasteiger partial charge in [0.15, 0.2) is 10.8 Å². The first-order chi connectivity index (χ1) is 11.1. The van der Waals surface area contributed by atoms with Crippen molar-refractivity contribution in [2.45, 2.75) is 13.3 Å². The van der Waals surface area contributed by atoms with Crippen molar-refractivity contribution in [2.24, 2.45) is 4.99 Å². The number of carbonyl (C=O) groups is 1. The van der Waals surface area contributed by atoms with E-state index in [-0.39, 0.29) is 24.3 Å². The van der Waals surface area contributed by atoms with Crippen molar-refractivity contribution in [3.8, 4) is 0 Å². The topological polar surface area (TPSA) is 70.7 Å². The number of benzene rings is 1. The van der Waals surface area contributed by atoms with E-state index in [1.54, 1.807) is 18.2 Å². The first-order valence-corrected chi connectivity index (χ1v) is 8.39. The second kappa shape index (κ2) is 6.66. The Morgan fingerprint density at radius 1 is 1.46 bits per heavy atom. The Morgan fingerprint density at radius 2 is 2.29 bits per heavy atom. The number of oxazole rings is 1. The summed E-state index contributed by atoms with van der Waals surface area (Å²) in [5.41, 5.74) is 2.11. The lowest BCUT2D eigenvalue weighted by molar-refractivity contribution is -0.112. The van der Waals surface area contributed by atoms with E-state index in [4.69, 9.17) is 16.0 Å². The molecule has 9 heteroatoms. The Labute approximate surface area is 153 Å². The Morgan fingerprint density at radius 3 is 3.08 bits per heavy atom. The van der Waals surface area contributed by atoms with Gasteiger partial charge in [0, 0.05) is 23.8 Å². The standard InChI is InChI=1S/C15H13ClN4O2S.ClH/c1-8-12(23-15-17-5-2-6-20(8)15)13(21)19-14-18-10-7-9(16)3-4-11(10)22-14;/h3-4,7H,2,5-6H2,1H3,(H,18,19,21);1H. The highest BCUT2D eigenvalue weighted by molar-refractivity contribution is 8.18. The Bertz CT molecular complexity index is 877. The molecule has 2 aromatic rings. The van der Waals surface area contributed by atoms with Gasteiger partial charge in [0.2, 0.25) is 0 Å². The van der Waals surface area contributed by atoms with E-state index in [1.807, 2.05) is 6.92 Å². The van der Waals surface area contributed by atoms with E-state index < -0.39 is 0 Å². The van der Waals surface area contributed by atoms with Crippen molar-refractivity contribution in [1.29, 1.82) is 0 Å². The van der Waals surface area contributed by atoms with Crippen molar-refractivity contribution < 1.29 is 9.21 Å². The second-order valence-electron chi connectivity index (χ2n) is 5.27. The van der Waals surface area contributed by atoms with E-state index >= 15 is 0 Å². The van der Waals surface area contributed by atoms with Crippen LogP contribution in [-0.2, 0) is 4.79 Å². The predicted octanol–water partition coefficient (Wildman–Crippen LogP) is 3.88. The predicted molar refractivity (Wildman–Crippen MR) is 98.8 cm³/mol. The van der Waals surface area contributed by atoms with Crippen molar-refractivity contribution in [3.05, 3.63) is 33.8 Å². The fraction of sp³-hybridized carbons (Fsp3) is 0.267. The number of aliphatic imine (C=N–C) groups is 1. The molecule has 0 spiro atoms. The first kappa shape index (κ1) is 17.1. The number of carbonyl (C=O) groups excluding carboxylic acids is 1. The Balaban J connectivity index is 0.00000169. The molecule has 2 aliphatic heterocycles. The van der Waals surface area contributed by atoms with Crippen LogP contribution in [0.2, 0.25) is 5.02 Å². The van der Waals surface area contributed by atoms with Gasteiger partial charge in [-0.05, 0) is 43.3 Å². The van der Waals surface area contributed by atoms with Crippen LogP contribution in [0.5, 0.6) is 0 Å². The van der Waals surface area contributed by atoms with E-state index in [2.05, 4.69) is 20.2 Å². The third-order valence-electron chi connectivity index (χ3n) is 3.72. The number of nitrogens with zero attached hydrogens (tertiary/aromatic N) is 3. The average Bonchev–Trinajstić information content (AvgIpc) is 3.08. The molecule has 0 radical (unpaired) electrons. The van der Waals surface area contributed by atoms with Gasteiger partial charge in [0.1, 0.15) is 5.52 Å². The van der Waals surface area contributed by atoms with Gasteiger partial charge in [-0.25, -0.2) is 0 Å². The summed E-state index contributed by atoms with van der Waals surface area (Å²) in [7, 11) is 0. The maximum absolute atomic E-state index is 12.5. The highest BCUT2D eigenvalue weighted by atomic mass is 35.5. The number of allylic oxidation sites excluding steroid dienone is 1. The fourth-order valence-electron chi connectivity index (χ4n) is 2.59. The van der Waals surface area contributed by atoms with E-state index in [1.165, 1.54) is 11.8 Å². The molecule has 4 rings (SSSR count). The zero-order valence-electron chi connectivity index (χ0n) is 12.7. The minimum absolute atomic E-state index is 0. The maximum Gasteiger partial charge on any atom is 0.302 e. The van der Waals surface area contributed by atoms with Crippen LogP contribution in [0.1, 0.15) is 13.3 Å². The highest BCUT2D eigenvalue weighted by Crippen LogP contribution is 2.36. The summed E-state index contributed by atoms with van der Waals surface area (Å²) in [6.07, 6.45) is 1.00. The number of halogens is 2. The number of thioether (sulfide) groups is 1. The lowest BCUT2D eigenvalue weighted by atomic mass is 10.3. The number of hydrogen-bond donors (Lipinski definition) is 1. The number of rotatable bonds is 2. The minimum Gasteiger partial charge on any atom is -0.423 e. The van der Waals surface area contributed by atoms with Crippen molar-refractivity contribution in [3.63, 3.8) is 0 Å². The molecule has 1 N–H and O–H groups in total. The summed E-state index contributed by atoms with van der Waals surface area (Å²) < 4.78 is 5.53. The van der Waals surface area contributed by atoms with Gasteiger partial charge >= 0.3 is 6.01 Å². The molecular weight excluding hydrogens is 371 g/mol. The first-order valence-electron chi connectivity index (χ1n) is 7.20. The van der Waals surface area contributed by atoms with Crippen molar-refractivity contribution in [1.82, 2.24) is 9.88 Å². The van der Waals surface area contributed by atoms with Crippen LogP contribution in [0.15, 0.2) is 38.2 Å². The van der Waals surface area contributed by atoms with E-state index in [9.17, 15) is 4.79 Å². The van der Waals surface area contributed by atoms with Gasteiger partial charge in [-0.1, -0.05) is 11.6 Å². The zero-order chi connectivity index (χ0) is 16.0. The van der Waals surface area contributed by atoms with Gasteiger partial charge in [-0.2, -0.15) is 4.98 Å². The van der Waals surface area contributed by atoms with E-state index in [0.717, 1.165) is 30.4 Å². The number of aromatic nitrogens is 1. The number of nitrogens with one attached hydrogen (secondary N) is 1. The summed E-state index contributed by atoms with van der Waals surface area (Å²) >= 11 is 7.32. The molecule has 2 aliphatic rings. The molecule has 0 atom stereocenters. The van der Waals surface area contributed by atoms with Gasteiger partial charge < -0.3 is 9.32 Å². The molecule has 0 saturated carbocycles. The molecular formula is C15H14Cl2N4O2S. The maximum atomic E-state index is 12.5. The molecule has 126 valence electrons. The molecule has 0 unspecified atom stereocenters. The zero-order valence-corrected chi connectivity index (χ0v) is 15.1. The molecule has 0 aliphatic carbocycles. The van der Waals surface area contributed by atoms with Crippen molar-refractivity contribution >= 4 is 64.0 Å². The van der Waals surface area contributed by atoms with Crippen LogP contribution in [0.3, 0.4) is 0 Å². The quantitative estimate of drug-likeness (QED) is 0.850. The monoisotopic (exact) mass is 384 g/mol. The number of fused-ring (bicyclic) bond motifs is 2. The van der Waals surface area contributed by atoms with Crippen LogP contribution in [0, 0.1) is 0 Å². The van der Waals surface area contributed by atoms with Gasteiger partial charge in [-0.3, -0.25) is 15.1 Å². The summed E-state index contributed by atoms with van der Waals surface area (Å²) in [5.74, 6) is -0.234. The average molecular weight is 385 g/mol. The van der Waals surface area contributed by atoms with Crippen LogP contribution in [-0.4, -0.2) is 34.0 Å². The fourth-order valence-corrected chi connectivity index (χ4v) is 3.83. The molecule has 6 nitrogen and oxygen atoms in total. The van der Waals surface area contributed by atoms with Crippen LogP contribution in [0.25, 0.3) is 11.1 Å². The van der Waals surface area contributed by atoms with Crippen LogP contribution in [0.4, 0.5) is 6.01 Å². The molecule has 24 heavy (non-hydrogen) atoms. The number of amidine groups is 1. The summed E-state index contributed by atoms with van der Waals surface area (Å²) in [5, 5.41) is 4.18. The summed E-state index contributed by atoms with van der Waals surface area (Å²) in [6.45, 7) is 3.64. The highest BCUT2D eigenvalue weighted by Gasteiger charge is 2.32. The normalized spacial score (nSPS) is 16.8. The van der Waals surface area contributed by atoms with Crippen molar-refractivity contribution in [2.75, 3.05) is 18.4 Å². The SMILES string of the molecule is CC1=C(C(=O)Nc2nc3cc(Cl)ccc3o2)SC2=NCCCN21.Cl. The second-order valence-corrected chi connectivity index (χ2v) is 6.69. The molecule has 3 heterocycles. The molecule has 1 aromatic heterocycles. The molecule has 1 aromatic carbocycles. The molecule has 1 amide bonds. The third kappa shape index (κ3) is 2.99.